The van der Waals surface area contributed by atoms with Gasteiger partial charge in [-0.2, -0.15) is 0 Å². The lowest BCUT2D eigenvalue weighted by Crippen LogP contribution is -2.33. The van der Waals surface area contributed by atoms with Crippen LogP contribution in [0.4, 0.5) is 5.82 Å². The number of nitrogens with one attached hydrogen (secondary N) is 2. The van der Waals surface area contributed by atoms with Gasteiger partial charge in [-0.3, -0.25) is 4.98 Å². The summed E-state index contributed by atoms with van der Waals surface area (Å²) < 4.78 is 0. The Balaban J connectivity index is 0.00000256. The van der Waals surface area contributed by atoms with E-state index in [1.165, 1.54) is 12.8 Å². The second kappa shape index (κ2) is 11.1. The van der Waals surface area contributed by atoms with Gasteiger partial charge >= 0.3 is 0 Å². The summed E-state index contributed by atoms with van der Waals surface area (Å²) in [6, 6.07) is 8.14. The van der Waals surface area contributed by atoms with Gasteiger partial charge in [0.2, 0.25) is 0 Å². The number of aliphatic hydroxyl groups excluding tert-OH is 1. The van der Waals surface area contributed by atoms with E-state index >= 15 is 0 Å². The Morgan fingerprint density at radius 1 is 1.13 bits per heavy atom. The summed E-state index contributed by atoms with van der Waals surface area (Å²) >= 11 is 6.48. The van der Waals surface area contributed by atoms with Crippen molar-refractivity contribution in [2.45, 2.75) is 58.5 Å². The SMILES string of the molecule is C.OC1CCC(Cc2cc(-c3cccc(NC[C@H]4CCCNC4)n3)c(Cl)cn2)CC1. The molecule has 3 N–H and O–H groups in total. The third-order valence-corrected chi connectivity index (χ3v) is 6.52. The zero-order valence-corrected chi connectivity index (χ0v) is 17.7. The number of hydrogen-bond donors (Lipinski definition) is 3. The molecule has 1 aliphatic carbocycles. The van der Waals surface area contributed by atoms with Crippen molar-refractivity contribution < 1.29 is 5.11 Å². The number of rotatable bonds is 6. The predicted molar refractivity (Wildman–Crippen MR) is 125 cm³/mol. The first kappa shape index (κ1) is 23.0. The smallest absolute Gasteiger partial charge is 0.126 e. The molecule has 0 aromatic carbocycles. The van der Waals surface area contributed by atoms with Crippen LogP contribution < -0.4 is 10.6 Å². The summed E-state index contributed by atoms with van der Waals surface area (Å²) in [6.07, 6.45) is 9.00. The Bertz CT molecular complexity index is 802. The zero-order valence-electron chi connectivity index (χ0n) is 16.9. The lowest BCUT2D eigenvalue weighted by atomic mass is 9.84. The van der Waals surface area contributed by atoms with Crippen molar-refractivity contribution in [3.63, 3.8) is 0 Å². The molecular weight excluding hydrogens is 396 g/mol. The van der Waals surface area contributed by atoms with E-state index in [0.29, 0.717) is 16.9 Å². The number of pyridine rings is 2. The predicted octanol–water partition coefficient (Wildman–Crippen LogP) is 4.94. The van der Waals surface area contributed by atoms with E-state index in [9.17, 15) is 5.11 Å². The van der Waals surface area contributed by atoms with E-state index in [4.69, 9.17) is 16.6 Å². The molecule has 6 heteroatoms. The number of halogens is 1. The molecule has 1 atom stereocenters. The molecule has 2 aromatic rings. The van der Waals surface area contributed by atoms with Crippen LogP contribution in [0.5, 0.6) is 0 Å². The van der Waals surface area contributed by atoms with Crippen molar-refractivity contribution in [3.05, 3.63) is 41.2 Å². The minimum absolute atomic E-state index is 0. The molecule has 3 heterocycles. The first-order chi connectivity index (χ1) is 14.2. The van der Waals surface area contributed by atoms with Crippen molar-refractivity contribution in [3.8, 4) is 11.3 Å². The fourth-order valence-corrected chi connectivity index (χ4v) is 4.67. The number of aliphatic hydroxyl groups is 1. The lowest BCUT2D eigenvalue weighted by molar-refractivity contribution is 0.108. The quantitative estimate of drug-likeness (QED) is 0.605. The first-order valence-corrected chi connectivity index (χ1v) is 11.3. The van der Waals surface area contributed by atoms with Crippen LogP contribution in [0.2, 0.25) is 5.02 Å². The van der Waals surface area contributed by atoms with Crippen LogP contribution in [0.15, 0.2) is 30.5 Å². The molecule has 2 aliphatic rings. The Morgan fingerprint density at radius 2 is 1.97 bits per heavy atom. The second-order valence-corrected chi connectivity index (χ2v) is 8.94. The number of hydrogen-bond acceptors (Lipinski definition) is 5. The Hall–Kier alpha value is -1.69. The summed E-state index contributed by atoms with van der Waals surface area (Å²) in [6.45, 7) is 3.14. The summed E-state index contributed by atoms with van der Waals surface area (Å²) in [4.78, 5) is 9.36. The van der Waals surface area contributed by atoms with Crippen molar-refractivity contribution in [1.82, 2.24) is 15.3 Å². The summed E-state index contributed by atoms with van der Waals surface area (Å²) in [5.74, 6) is 2.13. The topological polar surface area (TPSA) is 70.1 Å². The molecule has 1 saturated heterocycles. The average Bonchev–Trinajstić information content (AvgIpc) is 2.76. The number of nitrogens with zero attached hydrogens (tertiary/aromatic N) is 2. The first-order valence-electron chi connectivity index (χ1n) is 10.9. The molecule has 4 rings (SSSR count). The summed E-state index contributed by atoms with van der Waals surface area (Å²) in [5.41, 5.74) is 2.87. The van der Waals surface area contributed by atoms with E-state index in [1.54, 1.807) is 6.20 Å². The minimum atomic E-state index is -0.121. The third-order valence-electron chi connectivity index (χ3n) is 6.22. The molecule has 1 saturated carbocycles. The lowest BCUT2D eigenvalue weighted by Gasteiger charge is -2.25. The van der Waals surface area contributed by atoms with Gasteiger partial charge in [0.05, 0.1) is 16.8 Å². The highest BCUT2D eigenvalue weighted by atomic mass is 35.5. The average molecular weight is 431 g/mol. The van der Waals surface area contributed by atoms with E-state index < -0.39 is 0 Å². The van der Waals surface area contributed by atoms with E-state index in [2.05, 4.69) is 21.7 Å². The molecule has 2 fully saturated rings. The van der Waals surface area contributed by atoms with Gasteiger partial charge in [0.1, 0.15) is 5.82 Å². The molecule has 30 heavy (non-hydrogen) atoms. The number of anilines is 1. The van der Waals surface area contributed by atoms with Crippen molar-refractivity contribution in [2.24, 2.45) is 11.8 Å². The minimum Gasteiger partial charge on any atom is -0.393 e. The highest BCUT2D eigenvalue weighted by molar-refractivity contribution is 6.33. The van der Waals surface area contributed by atoms with Gasteiger partial charge < -0.3 is 15.7 Å². The van der Waals surface area contributed by atoms with Crippen LogP contribution in [-0.4, -0.2) is 40.8 Å². The Morgan fingerprint density at radius 3 is 2.73 bits per heavy atom. The second-order valence-electron chi connectivity index (χ2n) is 8.54. The van der Waals surface area contributed by atoms with Crippen LogP contribution in [0.25, 0.3) is 11.3 Å². The van der Waals surface area contributed by atoms with Crippen LogP contribution in [0, 0.1) is 11.8 Å². The molecule has 1 aliphatic heterocycles. The van der Waals surface area contributed by atoms with Crippen molar-refractivity contribution >= 4 is 17.4 Å². The van der Waals surface area contributed by atoms with E-state index in [0.717, 1.165) is 74.5 Å². The van der Waals surface area contributed by atoms with Crippen molar-refractivity contribution in [1.29, 1.82) is 0 Å². The zero-order chi connectivity index (χ0) is 20.1. The van der Waals surface area contributed by atoms with Crippen molar-refractivity contribution in [2.75, 3.05) is 25.0 Å². The Labute approximate surface area is 185 Å². The normalized spacial score (nSPS) is 24.1. The molecule has 0 bridgehead atoms. The molecule has 0 unspecified atom stereocenters. The maximum absolute atomic E-state index is 9.72. The van der Waals surface area contributed by atoms with Gasteiger partial charge in [0.15, 0.2) is 0 Å². The fourth-order valence-electron chi connectivity index (χ4n) is 4.46. The van der Waals surface area contributed by atoms with Gasteiger partial charge in [-0.1, -0.05) is 25.1 Å². The van der Waals surface area contributed by atoms with E-state index in [-0.39, 0.29) is 13.5 Å². The monoisotopic (exact) mass is 430 g/mol. The highest BCUT2D eigenvalue weighted by Crippen LogP contribution is 2.31. The Kier molecular flexibility index (Phi) is 8.49. The van der Waals surface area contributed by atoms with Crippen LogP contribution in [0.3, 0.4) is 0 Å². The van der Waals surface area contributed by atoms with Gasteiger partial charge in [-0.05, 0) is 88.1 Å². The van der Waals surface area contributed by atoms with Gasteiger partial charge in [0, 0.05) is 24.0 Å². The van der Waals surface area contributed by atoms with Crippen LogP contribution in [-0.2, 0) is 6.42 Å². The molecular formula is C24H35ClN4O. The molecule has 2 aromatic heterocycles. The molecule has 0 radical (unpaired) electrons. The fraction of sp³-hybridized carbons (Fsp3) is 0.583. The largest absolute Gasteiger partial charge is 0.393 e. The van der Waals surface area contributed by atoms with Gasteiger partial charge in [-0.25, -0.2) is 4.98 Å². The number of aromatic nitrogens is 2. The van der Waals surface area contributed by atoms with Crippen LogP contribution >= 0.6 is 11.6 Å². The summed E-state index contributed by atoms with van der Waals surface area (Å²) in [7, 11) is 0. The molecule has 0 spiro atoms. The van der Waals surface area contributed by atoms with Gasteiger partial charge in [0.25, 0.3) is 0 Å². The molecule has 164 valence electrons. The van der Waals surface area contributed by atoms with E-state index in [1.807, 2.05) is 18.2 Å². The van der Waals surface area contributed by atoms with Crippen LogP contribution in [0.1, 0.15) is 51.6 Å². The highest BCUT2D eigenvalue weighted by Gasteiger charge is 2.20. The number of piperidine rings is 1. The molecule has 5 nitrogen and oxygen atoms in total. The standard InChI is InChI=1S/C23H31ClN4O.CH4/c24-21-15-26-18(11-16-6-8-19(29)9-7-16)12-20(21)22-4-1-5-23(28-22)27-14-17-3-2-10-25-13-17;/h1,4-5,12,15-17,19,25,29H,2-3,6-11,13-14H2,(H,27,28);1H4/t16?,17-,19?;/m0./s1. The maximum Gasteiger partial charge on any atom is 0.126 e. The molecule has 0 amide bonds. The third kappa shape index (κ3) is 6.16. The van der Waals surface area contributed by atoms with Gasteiger partial charge in [-0.15, -0.1) is 0 Å². The maximum atomic E-state index is 9.72. The summed E-state index contributed by atoms with van der Waals surface area (Å²) in [5, 5.41) is 17.3.